The maximum Gasteiger partial charge on any atom is 0.192 e. The van der Waals surface area contributed by atoms with Gasteiger partial charge in [0.15, 0.2) is 5.12 Å². The minimum atomic E-state index is 0.106. The van der Waals surface area contributed by atoms with Crippen LogP contribution in [0.2, 0.25) is 0 Å². The lowest BCUT2D eigenvalue weighted by atomic mass is 10.2. The number of carbonyl (C=O) groups excluding carboxylic acids is 1. The molecule has 1 nitrogen and oxygen atoms in total. The molecule has 1 fully saturated rings. The fourth-order valence-electron chi connectivity index (χ4n) is 0.269. The molecule has 33 valence electrons. The molecule has 6 heavy (non-hydrogen) atoms. The summed E-state index contributed by atoms with van der Waals surface area (Å²) in [6.45, 7) is 3.55. The number of carbonyl (C=O) groups is 1. The van der Waals surface area contributed by atoms with E-state index in [1.807, 2.05) is 0 Å². The molecule has 1 heterocycles. The van der Waals surface area contributed by atoms with Crippen LogP contribution < -0.4 is 0 Å². The normalized spacial score (nSPS) is 32.8. The molecule has 0 aromatic rings. The minimum Gasteiger partial charge on any atom is -0.287 e. The van der Waals surface area contributed by atoms with Gasteiger partial charge in [-0.15, -0.1) is 0 Å². The van der Waals surface area contributed by atoms with Crippen LogP contribution in [0.1, 0.15) is 0 Å². The van der Waals surface area contributed by atoms with Crippen LogP contribution in [0.25, 0.3) is 0 Å². The molecular weight excluding hydrogens is 96.1 g/mol. The lowest BCUT2D eigenvalue weighted by Gasteiger charge is -2.16. The minimum absolute atomic E-state index is 0.106. The Balaban J connectivity index is 2.39. The smallest absolute Gasteiger partial charge is 0.192 e. The zero-order valence-electron chi connectivity index (χ0n) is 3.31. The number of thioether (sulfide) groups is 1. The molecule has 0 aromatic heterocycles. The Morgan fingerprint density at radius 2 is 2.50 bits per heavy atom. The van der Waals surface area contributed by atoms with Gasteiger partial charge in [0, 0.05) is 11.7 Å². The zero-order valence-corrected chi connectivity index (χ0v) is 4.12. The predicted octanol–water partition coefficient (Wildman–Crippen LogP) is 0.710. The molecule has 1 aliphatic heterocycles. The van der Waals surface area contributed by atoms with Gasteiger partial charge in [-0.3, -0.25) is 4.79 Å². The maximum atomic E-state index is 10.1. The van der Waals surface area contributed by atoms with Gasteiger partial charge >= 0.3 is 0 Å². The lowest BCUT2D eigenvalue weighted by Crippen LogP contribution is -2.21. The standard InChI is InChI=1S/C4H5OS/c1-3-2-6-4(3)5/h3H,1-2H2. The van der Waals surface area contributed by atoms with Crippen molar-refractivity contribution in [2.75, 3.05) is 5.75 Å². The summed E-state index contributed by atoms with van der Waals surface area (Å²) in [5, 5.41) is 0.245. The van der Waals surface area contributed by atoms with Crippen LogP contribution in [0.15, 0.2) is 0 Å². The van der Waals surface area contributed by atoms with E-state index in [4.69, 9.17) is 0 Å². The van der Waals surface area contributed by atoms with Crippen LogP contribution in [0.4, 0.5) is 0 Å². The highest BCUT2D eigenvalue weighted by Gasteiger charge is 2.23. The average Bonchev–Trinajstić information content (AvgIpc) is 1.61. The van der Waals surface area contributed by atoms with Crippen LogP contribution in [0.3, 0.4) is 0 Å². The van der Waals surface area contributed by atoms with Crippen molar-refractivity contribution in [3.05, 3.63) is 6.92 Å². The molecule has 0 N–H and O–H groups in total. The van der Waals surface area contributed by atoms with Crippen molar-refractivity contribution in [2.24, 2.45) is 5.92 Å². The summed E-state index contributed by atoms with van der Waals surface area (Å²) in [7, 11) is 0. The van der Waals surface area contributed by atoms with Crippen molar-refractivity contribution in [3.63, 3.8) is 0 Å². The summed E-state index contributed by atoms with van der Waals surface area (Å²) in [5.74, 6) is 1.04. The van der Waals surface area contributed by atoms with Crippen LogP contribution in [0, 0.1) is 12.8 Å². The average molecular weight is 101 g/mol. The van der Waals surface area contributed by atoms with E-state index < -0.39 is 0 Å². The van der Waals surface area contributed by atoms with Gasteiger partial charge < -0.3 is 0 Å². The van der Waals surface area contributed by atoms with Crippen LogP contribution >= 0.6 is 11.8 Å². The van der Waals surface area contributed by atoms with Crippen LogP contribution in [-0.4, -0.2) is 10.9 Å². The highest BCUT2D eigenvalue weighted by molar-refractivity contribution is 8.15. The van der Waals surface area contributed by atoms with Gasteiger partial charge in [0.1, 0.15) is 0 Å². The van der Waals surface area contributed by atoms with Crippen molar-refractivity contribution in [1.82, 2.24) is 0 Å². The first-order valence-corrected chi connectivity index (χ1v) is 2.79. The summed E-state index contributed by atoms with van der Waals surface area (Å²) in [6, 6.07) is 0. The molecular formula is C4H5OS. The zero-order chi connectivity index (χ0) is 4.57. The van der Waals surface area contributed by atoms with Gasteiger partial charge in [-0.05, 0) is 6.92 Å². The van der Waals surface area contributed by atoms with Gasteiger partial charge in [0.2, 0.25) is 0 Å². The van der Waals surface area contributed by atoms with Crippen molar-refractivity contribution >= 4 is 16.9 Å². The number of rotatable bonds is 0. The van der Waals surface area contributed by atoms with E-state index in [9.17, 15) is 4.79 Å². The Morgan fingerprint density at radius 3 is 2.50 bits per heavy atom. The Morgan fingerprint density at radius 1 is 2.00 bits per heavy atom. The molecule has 0 aromatic carbocycles. The van der Waals surface area contributed by atoms with Crippen molar-refractivity contribution < 1.29 is 4.79 Å². The van der Waals surface area contributed by atoms with Gasteiger partial charge in [0.25, 0.3) is 0 Å². The highest BCUT2D eigenvalue weighted by Crippen LogP contribution is 2.24. The Bertz CT molecular complexity index is 79.6. The lowest BCUT2D eigenvalue weighted by molar-refractivity contribution is -0.113. The van der Waals surface area contributed by atoms with Gasteiger partial charge in [-0.25, -0.2) is 0 Å². The Hall–Kier alpha value is 0.0200. The van der Waals surface area contributed by atoms with E-state index in [2.05, 4.69) is 6.92 Å². The summed E-state index contributed by atoms with van der Waals surface area (Å²) in [4.78, 5) is 10.1. The molecule has 2 heteroatoms. The second-order valence-corrected chi connectivity index (χ2v) is 2.35. The first kappa shape index (κ1) is 4.19. The molecule has 1 aliphatic rings. The molecule has 1 saturated heterocycles. The van der Waals surface area contributed by atoms with E-state index in [0.29, 0.717) is 0 Å². The molecule has 1 radical (unpaired) electrons. The topological polar surface area (TPSA) is 17.1 Å². The van der Waals surface area contributed by atoms with Crippen molar-refractivity contribution in [2.45, 2.75) is 0 Å². The third-order valence-electron chi connectivity index (χ3n) is 0.760. The summed E-state index contributed by atoms with van der Waals surface area (Å²) in [5.41, 5.74) is 0. The van der Waals surface area contributed by atoms with E-state index in [-0.39, 0.29) is 11.0 Å². The molecule has 1 rings (SSSR count). The summed E-state index contributed by atoms with van der Waals surface area (Å²) < 4.78 is 0. The van der Waals surface area contributed by atoms with Gasteiger partial charge in [0.05, 0.1) is 0 Å². The quantitative estimate of drug-likeness (QED) is 0.447. The van der Waals surface area contributed by atoms with Crippen molar-refractivity contribution in [3.8, 4) is 0 Å². The second-order valence-electron chi connectivity index (χ2n) is 1.33. The third kappa shape index (κ3) is 0.451. The molecule has 0 aliphatic carbocycles. The molecule has 1 atom stereocenters. The fraction of sp³-hybridized carbons (Fsp3) is 0.500. The largest absolute Gasteiger partial charge is 0.287 e. The first-order chi connectivity index (χ1) is 2.80. The molecule has 0 bridgehead atoms. The van der Waals surface area contributed by atoms with Gasteiger partial charge in [-0.1, -0.05) is 11.8 Å². The highest BCUT2D eigenvalue weighted by atomic mass is 32.2. The van der Waals surface area contributed by atoms with E-state index in [1.54, 1.807) is 0 Å². The molecule has 1 unspecified atom stereocenters. The van der Waals surface area contributed by atoms with Crippen LogP contribution in [0.5, 0.6) is 0 Å². The third-order valence-corrected chi connectivity index (χ3v) is 1.95. The predicted molar refractivity (Wildman–Crippen MR) is 26.3 cm³/mol. The van der Waals surface area contributed by atoms with E-state index >= 15 is 0 Å². The maximum absolute atomic E-state index is 10.1. The first-order valence-electron chi connectivity index (χ1n) is 1.80. The van der Waals surface area contributed by atoms with Crippen molar-refractivity contribution in [1.29, 1.82) is 0 Å². The SMILES string of the molecule is [CH2]C1CSC1=O. The van der Waals surface area contributed by atoms with E-state index in [1.165, 1.54) is 11.8 Å². The Labute approximate surface area is 41.1 Å². The molecule has 0 saturated carbocycles. The molecule has 0 spiro atoms. The number of hydrogen-bond acceptors (Lipinski definition) is 2. The van der Waals surface area contributed by atoms with Crippen LogP contribution in [-0.2, 0) is 4.79 Å². The summed E-state index contributed by atoms with van der Waals surface area (Å²) >= 11 is 1.37. The Kier molecular flexibility index (Phi) is 0.880. The monoisotopic (exact) mass is 101 g/mol. The number of hydrogen-bond donors (Lipinski definition) is 0. The fourth-order valence-corrected chi connectivity index (χ4v) is 0.808. The summed E-state index contributed by atoms with van der Waals surface area (Å²) in [6.07, 6.45) is 0. The second kappa shape index (κ2) is 1.26. The molecule has 0 amide bonds. The van der Waals surface area contributed by atoms with E-state index in [0.717, 1.165) is 5.75 Å². The van der Waals surface area contributed by atoms with Gasteiger partial charge in [-0.2, -0.15) is 0 Å².